The second-order valence-corrected chi connectivity index (χ2v) is 3.90. The molecule has 0 bridgehead atoms. The molecule has 1 unspecified atom stereocenters. The Morgan fingerprint density at radius 1 is 1.47 bits per heavy atom. The third-order valence-corrected chi connectivity index (χ3v) is 2.87. The maximum atomic E-state index is 11.9. The summed E-state index contributed by atoms with van der Waals surface area (Å²) in [5.41, 5.74) is 5.40. The molecule has 1 fully saturated rings. The van der Waals surface area contributed by atoms with Crippen molar-refractivity contribution in [3.05, 3.63) is 0 Å². The van der Waals surface area contributed by atoms with Crippen LogP contribution in [-0.4, -0.2) is 54.3 Å². The number of carbonyl (C=O) groups excluding carboxylic acids is 2. The fourth-order valence-electron chi connectivity index (χ4n) is 1.67. The van der Waals surface area contributed by atoms with Crippen molar-refractivity contribution in [3.63, 3.8) is 0 Å². The minimum atomic E-state index is -0.349. The molecule has 0 aromatic rings. The molecule has 0 spiro atoms. The molecule has 2 amide bonds. The largest absolute Gasteiger partial charge is 0.340 e. The van der Waals surface area contributed by atoms with Gasteiger partial charge in [-0.25, -0.2) is 0 Å². The van der Waals surface area contributed by atoms with E-state index in [2.05, 4.69) is 0 Å². The average molecular weight is 213 g/mol. The number of nitrogens with zero attached hydrogens (tertiary/aromatic N) is 2. The molecule has 5 nitrogen and oxygen atoms in total. The summed E-state index contributed by atoms with van der Waals surface area (Å²) in [7, 11) is 1.68. The van der Waals surface area contributed by atoms with Crippen LogP contribution in [0.5, 0.6) is 0 Å². The van der Waals surface area contributed by atoms with Gasteiger partial charge in [0.15, 0.2) is 0 Å². The first-order valence-corrected chi connectivity index (χ1v) is 5.32. The van der Waals surface area contributed by atoms with Crippen LogP contribution in [0, 0.1) is 0 Å². The van der Waals surface area contributed by atoms with E-state index in [4.69, 9.17) is 5.73 Å². The van der Waals surface area contributed by atoms with Crippen molar-refractivity contribution in [2.45, 2.75) is 25.8 Å². The molecule has 1 atom stereocenters. The quantitative estimate of drug-likeness (QED) is 0.681. The summed E-state index contributed by atoms with van der Waals surface area (Å²) in [6.07, 6.45) is 1.20. The van der Waals surface area contributed by atoms with Gasteiger partial charge in [-0.1, -0.05) is 0 Å². The van der Waals surface area contributed by atoms with Crippen LogP contribution in [0.4, 0.5) is 0 Å². The SMILES string of the molecule is CC1C(=O)N(CCCN)CCC(=O)N1C. The summed E-state index contributed by atoms with van der Waals surface area (Å²) in [6, 6.07) is -0.349. The smallest absolute Gasteiger partial charge is 0.245 e. The van der Waals surface area contributed by atoms with E-state index in [9.17, 15) is 9.59 Å². The van der Waals surface area contributed by atoms with Gasteiger partial charge in [0.25, 0.3) is 0 Å². The van der Waals surface area contributed by atoms with E-state index >= 15 is 0 Å². The maximum absolute atomic E-state index is 11.9. The van der Waals surface area contributed by atoms with E-state index in [0.29, 0.717) is 26.1 Å². The van der Waals surface area contributed by atoms with Crippen LogP contribution in [0.25, 0.3) is 0 Å². The Balaban J connectivity index is 2.67. The number of carbonyl (C=O) groups is 2. The van der Waals surface area contributed by atoms with Gasteiger partial charge in [-0.05, 0) is 19.9 Å². The number of likely N-dealkylation sites (N-methyl/N-ethyl adjacent to an activating group) is 1. The lowest BCUT2D eigenvalue weighted by Crippen LogP contribution is -2.44. The van der Waals surface area contributed by atoms with E-state index in [0.717, 1.165) is 6.42 Å². The van der Waals surface area contributed by atoms with Crippen molar-refractivity contribution >= 4 is 11.8 Å². The highest BCUT2D eigenvalue weighted by Crippen LogP contribution is 2.10. The molecule has 1 aliphatic rings. The third-order valence-electron chi connectivity index (χ3n) is 2.87. The second kappa shape index (κ2) is 5.11. The lowest BCUT2D eigenvalue weighted by atomic mass is 10.2. The molecular formula is C10H19N3O2. The fourth-order valence-corrected chi connectivity index (χ4v) is 1.67. The Morgan fingerprint density at radius 3 is 2.73 bits per heavy atom. The zero-order valence-corrected chi connectivity index (χ0v) is 9.40. The molecule has 1 rings (SSSR count). The molecule has 0 radical (unpaired) electrons. The third kappa shape index (κ3) is 2.68. The van der Waals surface area contributed by atoms with Gasteiger partial charge in [-0.2, -0.15) is 0 Å². The van der Waals surface area contributed by atoms with Crippen molar-refractivity contribution in [1.29, 1.82) is 0 Å². The van der Waals surface area contributed by atoms with Crippen LogP contribution in [0.15, 0.2) is 0 Å². The van der Waals surface area contributed by atoms with Crippen molar-refractivity contribution in [3.8, 4) is 0 Å². The van der Waals surface area contributed by atoms with E-state index in [-0.39, 0.29) is 17.9 Å². The molecule has 2 N–H and O–H groups in total. The summed E-state index contributed by atoms with van der Waals surface area (Å²) in [4.78, 5) is 26.7. The minimum absolute atomic E-state index is 0.0248. The number of amides is 2. The minimum Gasteiger partial charge on any atom is -0.340 e. The molecule has 86 valence electrons. The molecular weight excluding hydrogens is 194 g/mol. The number of rotatable bonds is 3. The zero-order chi connectivity index (χ0) is 11.4. The van der Waals surface area contributed by atoms with E-state index < -0.39 is 0 Å². The molecule has 1 saturated heterocycles. The van der Waals surface area contributed by atoms with E-state index in [1.807, 2.05) is 0 Å². The summed E-state index contributed by atoms with van der Waals surface area (Å²) < 4.78 is 0. The molecule has 5 heteroatoms. The molecule has 0 aromatic heterocycles. The van der Waals surface area contributed by atoms with Gasteiger partial charge < -0.3 is 15.5 Å². The van der Waals surface area contributed by atoms with Gasteiger partial charge in [0, 0.05) is 26.6 Å². The highest BCUT2D eigenvalue weighted by Gasteiger charge is 2.30. The lowest BCUT2D eigenvalue weighted by Gasteiger charge is -2.25. The zero-order valence-electron chi connectivity index (χ0n) is 9.40. The van der Waals surface area contributed by atoms with Gasteiger partial charge >= 0.3 is 0 Å². The van der Waals surface area contributed by atoms with Crippen molar-refractivity contribution in [2.75, 3.05) is 26.7 Å². The molecule has 0 saturated carbocycles. The Kier molecular flexibility index (Phi) is 4.08. The summed E-state index contributed by atoms with van der Waals surface area (Å²) in [5.74, 6) is 0.0582. The summed E-state index contributed by atoms with van der Waals surface area (Å²) in [5, 5.41) is 0. The average Bonchev–Trinajstić information content (AvgIpc) is 2.32. The lowest BCUT2D eigenvalue weighted by molar-refractivity contribution is -0.139. The predicted octanol–water partition coefficient (Wildman–Crippen LogP) is -0.586. The van der Waals surface area contributed by atoms with Crippen molar-refractivity contribution in [2.24, 2.45) is 5.73 Å². The van der Waals surface area contributed by atoms with Gasteiger partial charge in [0.05, 0.1) is 0 Å². The van der Waals surface area contributed by atoms with Crippen LogP contribution in [-0.2, 0) is 9.59 Å². The van der Waals surface area contributed by atoms with Crippen LogP contribution in [0.1, 0.15) is 19.8 Å². The first-order chi connectivity index (χ1) is 7.07. The number of hydrogen-bond donors (Lipinski definition) is 1. The predicted molar refractivity (Wildman–Crippen MR) is 57.1 cm³/mol. The van der Waals surface area contributed by atoms with Crippen LogP contribution < -0.4 is 5.73 Å². The standard InChI is InChI=1S/C10H19N3O2/c1-8-10(15)13(6-3-5-11)7-4-9(14)12(8)2/h8H,3-7,11H2,1-2H3. The maximum Gasteiger partial charge on any atom is 0.245 e. The Bertz CT molecular complexity index is 255. The van der Waals surface area contributed by atoms with Gasteiger partial charge in [-0.15, -0.1) is 0 Å². The van der Waals surface area contributed by atoms with Crippen LogP contribution >= 0.6 is 0 Å². The Morgan fingerprint density at radius 2 is 2.13 bits per heavy atom. The second-order valence-electron chi connectivity index (χ2n) is 3.90. The molecule has 0 aliphatic carbocycles. The first-order valence-electron chi connectivity index (χ1n) is 5.32. The Hall–Kier alpha value is -1.10. The molecule has 0 aromatic carbocycles. The molecule has 1 aliphatic heterocycles. The van der Waals surface area contributed by atoms with Crippen molar-refractivity contribution in [1.82, 2.24) is 9.80 Å². The normalized spacial score (nSPS) is 23.3. The topological polar surface area (TPSA) is 66.6 Å². The van der Waals surface area contributed by atoms with Gasteiger partial charge in [0.1, 0.15) is 6.04 Å². The van der Waals surface area contributed by atoms with E-state index in [1.54, 1.807) is 18.9 Å². The molecule has 1 heterocycles. The highest BCUT2D eigenvalue weighted by molar-refractivity contribution is 5.89. The van der Waals surface area contributed by atoms with Crippen molar-refractivity contribution < 1.29 is 9.59 Å². The van der Waals surface area contributed by atoms with Gasteiger partial charge in [-0.3, -0.25) is 9.59 Å². The van der Waals surface area contributed by atoms with Crippen LogP contribution in [0.2, 0.25) is 0 Å². The summed E-state index contributed by atoms with van der Waals surface area (Å²) in [6.45, 7) is 3.51. The highest BCUT2D eigenvalue weighted by atomic mass is 16.2. The Labute approximate surface area is 90.2 Å². The molecule has 15 heavy (non-hydrogen) atoms. The van der Waals surface area contributed by atoms with Gasteiger partial charge in [0.2, 0.25) is 11.8 Å². The van der Waals surface area contributed by atoms with E-state index in [1.165, 1.54) is 4.90 Å². The number of nitrogens with two attached hydrogens (primary N) is 1. The number of hydrogen-bond acceptors (Lipinski definition) is 3. The fraction of sp³-hybridized carbons (Fsp3) is 0.800. The van der Waals surface area contributed by atoms with Crippen LogP contribution in [0.3, 0.4) is 0 Å². The monoisotopic (exact) mass is 213 g/mol. The summed E-state index contributed by atoms with van der Waals surface area (Å²) >= 11 is 0. The first kappa shape index (κ1) is 12.0.